The average Bonchev–Trinajstić information content (AvgIpc) is 3.09. The number of hydrogen-bond donors (Lipinski definition) is 2. The third kappa shape index (κ3) is 3.37. The van der Waals surface area contributed by atoms with Crippen molar-refractivity contribution in [3.63, 3.8) is 0 Å². The van der Waals surface area contributed by atoms with Gasteiger partial charge in [-0.05, 0) is 42.3 Å². The zero-order chi connectivity index (χ0) is 21.5. The van der Waals surface area contributed by atoms with Crippen LogP contribution in [0.5, 0.6) is 5.75 Å². The van der Waals surface area contributed by atoms with E-state index in [1.807, 2.05) is 24.3 Å². The van der Waals surface area contributed by atoms with Gasteiger partial charge in [0.1, 0.15) is 18.4 Å². The zero-order valence-corrected chi connectivity index (χ0v) is 16.6. The summed E-state index contributed by atoms with van der Waals surface area (Å²) in [5.41, 5.74) is 2.49. The van der Waals surface area contributed by atoms with E-state index < -0.39 is 11.9 Å². The lowest BCUT2D eigenvalue weighted by atomic mass is 10.0. The summed E-state index contributed by atoms with van der Waals surface area (Å²) in [6.45, 7) is 1.09. The third-order valence-corrected chi connectivity index (χ3v) is 5.75. The Balaban J connectivity index is 1.32. The van der Waals surface area contributed by atoms with E-state index >= 15 is 0 Å². The number of hydrogen-bond acceptors (Lipinski definition) is 5. The number of fused-ring (bicyclic) bond motifs is 2. The highest BCUT2D eigenvalue weighted by atomic mass is 16.5. The number of benzene rings is 2. The van der Waals surface area contributed by atoms with E-state index in [4.69, 9.17) is 4.74 Å². The summed E-state index contributed by atoms with van der Waals surface area (Å²) in [4.78, 5) is 52.3. The first-order valence-corrected chi connectivity index (χ1v) is 10.1. The number of nitrogens with zero attached hydrogens (tertiary/aromatic N) is 2. The Morgan fingerprint density at radius 2 is 1.97 bits per heavy atom. The molecule has 31 heavy (non-hydrogen) atoms. The molecule has 1 unspecified atom stereocenters. The molecular weight excluding hydrogens is 400 g/mol. The monoisotopic (exact) mass is 420 g/mol. The van der Waals surface area contributed by atoms with E-state index in [1.54, 1.807) is 23.1 Å². The van der Waals surface area contributed by atoms with Gasteiger partial charge in [-0.3, -0.25) is 24.6 Å². The molecule has 2 N–H and O–H groups in total. The van der Waals surface area contributed by atoms with E-state index in [-0.39, 0.29) is 30.8 Å². The highest BCUT2D eigenvalue weighted by Gasteiger charge is 2.39. The molecule has 5 amide bonds. The van der Waals surface area contributed by atoms with Crippen molar-refractivity contribution < 1.29 is 23.9 Å². The summed E-state index contributed by atoms with van der Waals surface area (Å²) in [6.07, 6.45) is 0.517. The maximum Gasteiger partial charge on any atom is 0.326 e. The molecule has 3 aliphatic heterocycles. The Morgan fingerprint density at radius 3 is 2.81 bits per heavy atom. The van der Waals surface area contributed by atoms with Crippen LogP contribution in [0.1, 0.15) is 28.8 Å². The number of nitrogens with one attached hydrogen (secondary N) is 2. The van der Waals surface area contributed by atoms with Gasteiger partial charge in [0.2, 0.25) is 11.8 Å². The van der Waals surface area contributed by atoms with E-state index in [1.165, 1.54) is 4.90 Å². The quantitative estimate of drug-likeness (QED) is 0.722. The number of carbonyl (C=O) groups is 4. The Labute approximate surface area is 177 Å². The van der Waals surface area contributed by atoms with E-state index in [2.05, 4.69) is 10.6 Å². The fourth-order valence-electron chi connectivity index (χ4n) is 4.22. The maximum absolute atomic E-state index is 12.9. The van der Waals surface area contributed by atoms with Crippen molar-refractivity contribution in [2.45, 2.75) is 25.4 Å². The van der Waals surface area contributed by atoms with E-state index in [0.717, 1.165) is 5.56 Å². The minimum atomic E-state index is -0.666. The number of rotatable bonds is 2. The standard InChI is InChI=1S/C22H20N4O5/c27-19-8-7-17(20(28)24-19)26-12-13-11-14(5-6-15(13)21(26)29)23-22(30)25-9-10-31-18-4-2-1-3-16(18)25/h1-6,11,17H,7-10,12H2,(H,23,30)(H,24,27,28). The smallest absolute Gasteiger partial charge is 0.326 e. The molecule has 5 rings (SSSR count). The lowest BCUT2D eigenvalue weighted by Crippen LogP contribution is -2.52. The molecule has 3 heterocycles. The van der Waals surface area contributed by atoms with Crippen molar-refractivity contribution >= 4 is 35.1 Å². The Morgan fingerprint density at radius 1 is 1.13 bits per heavy atom. The molecule has 1 atom stereocenters. The summed E-state index contributed by atoms with van der Waals surface area (Å²) < 4.78 is 5.59. The largest absolute Gasteiger partial charge is 0.490 e. The first kappa shape index (κ1) is 19.1. The molecule has 0 spiro atoms. The molecule has 1 saturated heterocycles. The number of amides is 5. The number of para-hydroxylation sites is 2. The highest BCUT2D eigenvalue weighted by molar-refractivity contribution is 6.06. The summed E-state index contributed by atoms with van der Waals surface area (Å²) >= 11 is 0. The molecule has 0 saturated carbocycles. The van der Waals surface area contributed by atoms with Crippen molar-refractivity contribution in [3.05, 3.63) is 53.6 Å². The minimum Gasteiger partial charge on any atom is -0.490 e. The Bertz CT molecular complexity index is 1110. The van der Waals surface area contributed by atoms with Crippen molar-refractivity contribution in [2.24, 2.45) is 0 Å². The molecule has 158 valence electrons. The van der Waals surface area contributed by atoms with Crippen molar-refractivity contribution in [2.75, 3.05) is 23.4 Å². The maximum atomic E-state index is 12.9. The molecule has 9 nitrogen and oxygen atoms in total. The van der Waals surface area contributed by atoms with Gasteiger partial charge in [0.15, 0.2) is 0 Å². The fraction of sp³-hybridized carbons (Fsp3) is 0.273. The van der Waals surface area contributed by atoms with Gasteiger partial charge in [-0.25, -0.2) is 4.79 Å². The van der Waals surface area contributed by atoms with E-state index in [0.29, 0.717) is 42.3 Å². The number of carbonyl (C=O) groups excluding carboxylic acids is 4. The first-order chi connectivity index (χ1) is 15.0. The normalized spacial score (nSPS) is 20.0. The van der Waals surface area contributed by atoms with Crippen LogP contribution in [0.25, 0.3) is 0 Å². The van der Waals surface area contributed by atoms with Crippen LogP contribution in [-0.2, 0) is 16.1 Å². The second-order valence-electron chi connectivity index (χ2n) is 7.67. The van der Waals surface area contributed by atoms with Crippen LogP contribution in [-0.4, -0.2) is 47.8 Å². The van der Waals surface area contributed by atoms with Crippen molar-refractivity contribution in [1.82, 2.24) is 10.2 Å². The molecule has 0 aromatic heterocycles. The lowest BCUT2D eigenvalue weighted by molar-refractivity contribution is -0.136. The molecule has 0 aliphatic carbocycles. The zero-order valence-electron chi connectivity index (χ0n) is 16.6. The molecular formula is C22H20N4O5. The van der Waals surface area contributed by atoms with Crippen molar-refractivity contribution in [3.8, 4) is 5.75 Å². The second kappa shape index (κ2) is 7.42. The summed E-state index contributed by atoms with van der Waals surface area (Å²) in [5, 5.41) is 5.17. The summed E-state index contributed by atoms with van der Waals surface area (Å²) in [5.74, 6) is -0.357. The van der Waals surface area contributed by atoms with Crippen LogP contribution in [0.2, 0.25) is 0 Å². The molecule has 3 aliphatic rings. The van der Waals surface area contributed by atoms with Gasteiger partial charge in [-0.1, -0.05) is 12.1 Å². The van der Waals surface area contributed by atoms with Crippen LogP contribution in [0.3, 0.4) is 0 Å². The molecule has 0 bridgehead atoms. The number of urea groups is 1. The molecule has 9 heteroatoms. The summed E-state index contributed by atoms with van der Waals surface area (Å²) in [7, 11) is 0. The van der Waals surface area contributed by atoms with Crippen molar-refractivity contribution in [1.29, 1.82) is 0 Å². The van der Waals surface area contributed by atoms with Gasteiger partial charge in [0.25, 0.3) is 5.91 Å². The number of imide groups is 1. The first-order valence-electron chi connectivity index (χ1n) is 10.1. The van der Waals surface area contributed by atoms with Crippen LogP contribution >= 0.6 is 0 Å². The van der Waals surface area contributed by atoms with Gasteiger partial charge in [0.05, 0.1) is 12.2 Å². The Kier molecular flexibility index (Phi) is 4.58. The third-order valence-electron chi connectivity index (χ3n) is 5.75. The van der Waals surface area contributed by atoms with E-state index in [9.17, 15) is 19.2 Å². The van der Waals surface area contributed by atoms with Crippen LogP contribution in [0.4, 0.5) is 16.2 Å². The molecule has 2 aromatic carbocycles. The predicted octanol–water partition coefficient (Wildman–Crippen LogP) is 1.88. The van der Waals surface area contributed by atoms with Crippen LogP contribution < -0.4 is 20.3 Å². The molecule has 1 fully saturated rings. The summed E-state index contributed by atoms with van der Waals surface area (Å²) in [6, 6.07) is 11.5. The average molecular weight is 420 g/mol. The minimum absolute atomic E-state index is 0.207. The lowest BCUT2D eigenvalue weighted by Gasteiger charge is -2.29. The van der Waals surface area contributed by atoms with Gasteiger partial charge < -0.3 is 15.0 Å². The highest BCUT2D eigenvalue weighted by Crippen LogP contribution is 2.32. The number of anilines is 2. The van der Waals surface area contributed by atoms with Crippen LogP contribution in [0.15, 0.2) is 42.5 Å². The number of ether oxygens (including phenoxy) is 1. The molecule has 2 aromatic rings. The second-order valence-corrected chi connectivity index (χ2v) is 7.67. The number of piperidine rings is 1. The van der Waals surface area contributed by atoms with Gasteiger partial charge in [-0.2, -0.15) is 0 Å². The SMILES string of the molecule is O=C1CCC(N2Cc3cc(NC(=O)N4CCOc5ccccc54)ccc3C2=O)C(=O)N1. The van der Waals surface area contributed by atoms with Crippen LogP contribution in [0, 0.1) is 0 Å². The fourth-order valence-corrected chi connectivity index (χ4v) is 4.22. The van der Waals surface area contributed by atoms with Gasteiger partial charge in [0, 0.05) is 24.2 Å². The van der Waals surface area contributed by atoms with Gasteiger partial charge >= 0.3 is 6.03 Å². The topological polar surface area (TPSA) is 108 Å². The molecule has 0 radical (unpaired) electrons. The van der Waals surface area contributed by atoms with Gasteiger partial charge in [-0.15, -0.1) is 0 Å². The Hall–Kier alpha value is -3.88. The predicted molar refractivity (Wildman–Crippen MR) is 111 cm³/mol.